The molecule has 0 heterocycles. The Labute approximate surface area is 154 Å². The fourth-order valence-electron chi connectivity index (χ4n) is 2.19. The minimum absolute atomic E-state index is 0. The van der Waals surface area contributed by atoms with Crippen LogP contribution in [0.4, 0.5) is 11.4 Å². The molecule has 2 aromatic rings. The summed E-state index contributed by atoms with van der Waals surface area (Å²) in [6, 6.07) is 13.1. The number of nitrogen functional groups attached to an aromatic ring is 1. The summed E-state index contributed by atoms with van der Waals surface area (Å²) < 4.78 is 10.7. The Kier molecular flexibility index (Phi) is 8.08. The quantitative estimate of drug-likeness (QED) is 0.721. The number of hydrogen-bond donors (Lipinski definition) is 2. The summed E-state index contributed by atoms with van der Waals surface area (Å²) in [5, 5.41) is 2.77. The van der Waals surface area contributed by atoms with Gasteiger partial charge in [0.25, 0.3) is 0 Å². The average Bonchev–Trinajstić information content (AvgIpc) is 2.57. The van der Waals surface area contributed by atoms with Crippen molar-refractivity contribution in [1.29, 1.82) is 0 Å². The van der Waals surface area contributed by atoms with Gasteiger partial charge in [0.1, 0.15) is 11.5 Å². The number of anilines is 2. The van der Waals surface area contributed by atoms with Gasteiger partial charge in [0.15, 0.2) is 0 Å². The van der Waals surface area contributed by atoms with Crippen LogP contribution in [0.25, 0.3) is 0 Å². The molecule has 1 amide bonds. The molecule has 6 heteroatoms. The second-order valence-electron chi connectivity index (χ2n) is 5.82. The molecule has 5 nitrogen and oxygen atoms in total. The predicted octanol–water partition coefficient (Wildman–Crippen LogP) is 4.23. The second-order valence-corrected chi connectivity index (χ2v) is 5.82. The number of halogens is 1. The lowest BCUT2D eigenvalue weighted by Gasteiger charge is -2.11. The number of carbonyl (C=O) groups excluding carboxylic acids is 1. The summed E-state index contributed by atoms with van der Waals surface area (Å²) in [4.78, 5) is 12.0. The highest BCUT2D eigenvalue weighted by Crippen LogP contribution is 2.24. The number of nitrogens with two attached hydrogens (primary N) is 1. The Bertz CT molecular complexity index is 688. The van der Waals surface area contributed by atoms with E-state index in [1.54, 1.807) is 25.3 Å². The Morgan fingerprint density at radius 1 is 1.12 bits per heavy atom. The molecule has 0 unspecified atom stereocenters. The maximum absolute atomic E-state index is 12.0. The van der Waals surface area contributed by atoms with Crippen LogP contribution >= 0.6 is 12.4 Å². The number of benzene rings is 2. The standard InChI is InChI=1S/C19H24N2O3.ClH/c1-13(2)14-4-6-15(7-5-14)24-11-10-19(22)21-18-12-16(23-3)8-9-17(18)20;/h4-9,12-13H,10-11,20H2,1-3H3,(H,21,22);1H. The number of rotatable bonds is 7. The van der Waals surface area contributed by atoms with Crippen molar-refractivity contribution in [1.82, 2.24) is 0 Å². The normalized spacial score (nSPS) is 10.1. The van der Waals surface area contributed by atoms with E-state index >= 15 is 0 Å². The van der Waals surface area contributed by atoms with E-state index in [0.717, 1.165) is 5.75 Å². The van der Waals surface area contributed by atoms with Crippen molar-refractivity contribution in [3.05, 3.63) is 48.0 Å². The molecule has 0 spiro atoms. The molecular formula is C19H25ClN2O3. The van der Waals surface area contributed by atoms with Gasteiger partial charge >= 0.3 is 0 Å². The average molecular weight is 365 g/mol. The van der Waals surface area contributed by atoms with Crippen LogP contribution in [0.15, 0.2) is 42.5 Å². The maximum atomic E-state index is 12.0. The van der Waals surface area contributed by atoms with Gasteiger partial charge in [-0.05, 0) is 35.7 Å². The Morgan fingerprint density at radius 3 is 2.36 bits per heavy atom. The zero-order valence-electron chi connectivity index (χ0n) is 14.7. The van der Waals surface area contributed by atoms with Crippen molar-refractivity contribution >= 4 is 29.7 Å². The third kappa shape index (κ3) is 6.19. The van der Waals surface area contributed by atoms with Crippen LogP contribution in [0.1, 0.15) is 31.7 Å². The highest BCUT2D eigenvalue weighted by atomic mass is 35.5. The SMILES string of the molecule is COc1ccc(N)c(NC(=O)CCOc2ccc(C(C)C)cc2)c1.Cl. The first-order chi connectivity index (χ1) is 11.5. The summed E-state index contributed by atoms with van der Waals surface area (Å²) in [5.41, 5.74) is 8.14. The number of hydrogen-bond acceptors (Lipinski definition) is 4. The molecule has 0 aromatic heterocycles. The van der Waals surface area contributed by atoms with Crippen LogP contribution in [0.2, 0.25) is 0 Å². The van der Waals surface area contributed by atoms with E-state index in [9.17, 15) is 4.79 Å². The zero-order chi connectivity index (χ0) is 17.5. The Hall–Kier alpha value is -2.40. The minimum atomic E-state index is -0.159. The summed E-state index contributed by atoms with van der Waals surface area (Å²) in [7, 11) is 1.57. The lowest BCUT2D eigenvalue weighted by molar-refractivity contribution is -0.116. The molecule has 0 aliphatic carbocycles. The van der Waals surface area contributed by atoms with E-state index in [4.69, 9.17) is 15.2 Å². The van der Waals surface area contributed by atoms with Gasteiger partial charge in [-0.25, -0.2) is 0 Å². The van der Waals surface area contributed by atoms with Crippen molar-refractivity contribution in [2.75, 3.05) is 24.8 Å². The molecule has 3 N–H and O–H groups in total. The molecule has 0 aliphatic rings. The molecular weight excluding hydrogens is 340 g/mol. The van der Waals surface area contributed by atoms with Gasteiger partial charge in [0, 0.05) is 6.07 Å². The third-order valence-electron chi connectivity index (χ3n) is 3.68. The predicted molar refractivity (Wildman–Crippen MR) is 104 cm³/mol. The van der Waals surface area contributed by atoms with E-state index in [-0.39, 0.29) is 24.7 Å². The molecule has 2 rings (SSSR count). The smallest absolute Gasteiger partial charge is 0.227 e. The van der Waals surface area contributed by atoms with Gasteiger partial charge in [-0.3, -0.25) is 4.79 Å². The van der Waals surface area contributed by atoms with Gasteiger partial charge in [-0.15, -0.1) is 12.4 Å². The van der Waals surface area contributed by atoms with E-state index in [2.05, 4.69) is 19.2 Å². The maximum Gasteiger partial charge on any atom is 0.227 e. The van der Waals surface area contributed by atoms with Crippen molar-refractivity contribution in [2.45, 2.75) is 26.2 Å². The number of amides is 1. The molecule has 0 radical (unpaired) electrons. The first kappa shape index (κ1) is 20.6. The molecule has 0 aliphatic heterocycles. The molecule has 0 atom stereocenters. The molecule has 25 heavy (non-hydrogen) atoms. The number of nitrogens with one attached hydrogen (secondary N) is 1. The highest BCUT2D eigenvalue weighted by Gasteiger charge is 2.07. The largest absolute Gasteiger partial charge is 0.497 e. The first-order valence-electron chi connectivity index (χ1n) is 7.95. The molecule has 0 saturated carbocycles. The van der Waals surface area contributed by atoms with Crippen molar-refractivity contribution in [3.8, 4) is 11.5 Å². The summed E-state index contributed by atoms with van der Waals surface area (Å²) in [6.45, 7) is 4.59. The molecule has 0 bridgehead atoms. The Balaban J connectivity index is 0.00000312. The zero-order valence-corrected chi connectivity index (χ0v) is 15.6. The molecule has 0 saturated heterocycles. The second kappa shape index (κ2) is 9.79. The van der Waals surface area contributed by atoms with Crippen LogP contribution in [0.3, 0.4) is 0 Å². The van der Waals surface area contributed by atoms with Crippen molar-refractivity contribution in [2.24, 2.45) is 0 Å². The lowest BCUT2D eigenvalue weighted by Crippen LogP contribution is -2.16. The fourth-order valence-corrected chi connectivity index (χ4v) is 2.19. The highest BCUT2D eigenvalue weighted by molar-refractivity contribution is 5.94. The number of ether oxygens (including phenoxy) is 2. The molecule has 0 fully saturated rings. The summed E-state index contributed by atoms with van der Waals surface area (Å²) in [5.74, 6) is 1.72. The van der Waals surface area contributed by atoms with E-state index < -0.39 is 0 Å². The summed E-state index contributed by atoms with van der Waals surface area (Å²) >= 11 is 0. The fraction of sp³-hybridized carbons (Fsp3) is 0.316. The van der Waals surface area contributed by atoms with Gasteiger partial charge in [0.2, 0.25) is 5.91 Å². The lowest BCUT2D eigenvalue weighted by atomic mass is 10.0. The monoisotopic (exact) mass is 364 g/mol. The minimum Gasteiger partial charge on any atom is -0.497 e. The van der Waals surface area contributed by atoms with Gasteiger partial charge < -0.3 is 20.5 Å². The van der Waals surface area contributed by atoms with Crippen LogP contribution in [-0.4, -0.2) is 19.6 Å². The van der Waals surface area contributed by atoms with Gasteiger partial charge in [-0.1, -0.05) is 26.0 Å². The van der Waals surface area contributed by atoms with E-state index in [1.165, 1.54) is 5.56 Å². The van der Waals surface area contributed by atoms with E-state index in [1.807, 2.05) is 24.3 Å². The van der Waals surface area contributed by atoms with Gasteiger partial charge in [-0.2, -0.15) is 0 Å². The topological polar surface area (TPSA) is 73.6 Å². The van der Waals surface area contributed by atoms with Gasteiger partial charge in [0.05, 0.1) is 31.5 Å². The third-order valence-corrected chi connectivity index (χ3v) is 3.68. The van der Waals surface area contributed by atoms with Crippen LogP contribution in [0.5, 0.6) is 11.5 Å². The van der Waals surface area contributed by atoms with Crippen LogP contribution < -0.4 is 20.5 Å². The molecule has 136 valence electrons. The number of methoxy groups -OCH3 is 1. The molecule has 2 aromatic carbocycles. The van der Waals surface area contributed by atoms with Crippen molar-refractivity contribution < 1.29 is 14.3 Å². The number of carbonyl (C=O) groups is 1. The summed E-state index contributed by atoms with van der Waals surface area (Å²) in [6.07, 6.45) is 0.239. The van der Waals surface area contributed by atoms with Crippen LogP contribution in [0, 0.1) is 0 Å². The first-order valence-corrected chi connectivity index (χ1v) is 7.95. The van der Waals surface area contributed by atoms with Crippen molar-refractivity contribution in [3.63, 3.8) is 0 Å². The Morgan fingerprint density at radius 2 is 1.76 bits per heavy atom. The van der Waals surface area contributed by atoms with E-state index in [0.29, 0.717) is 29.6 Å². The van der Waals surface area contributed by atoms with Crippen LogP contribution in [-0.2, 0) is 4.79 Å².